The first-order valence-corrected chi connectivity index (χ1v) is 10.3. The van der Waals surface area contributed by atoms with Crippen LogP contribution >= 0.6 is 0 Å². The number of rotatable bonds is 7. The lowest BCUT2D eigenvalue weighted by atomic mass is 9.95. The highest BCUT2D eigenvalue weighted by molar-refractivity contribution is 5.81. The first-order chi connectivity index (χ1) is 14.5. The van der Waals surface area contributed by atoms with Crippen molar-refractivity contribution in [2.75, 3.05) is 13.1 Å². The quantitative estimate of drug-likeness (QED) is 0.690. The predicted octanol–water partition coefficient (Wildman–Crippen LogP) is 3.87. The van der Waals surface area contributed by atoms with E-state index in [0.29, 0.717) is 11.4 Å². The second kappa shape index (κ2) is 10.6. The molecule has 1 amide bonds. The minimum Gasteiger partial charge on any atom is -0.397 e. The Labute approximate surface area is 179 Å². The number of carbonyl (C=O) groups is 1. The SMILES string of the molecule is C=C(NC(=O)C1CCN(Cc2cccnc2)CC1)/C(N)=C\C=C(/C)c1ccccc1. The second-order valence-electron chi connectivity index (χ2n) is 7.72. The van der Waals surface area contributed by atoms with E-state index < -0.39 is 0 Å². The molecule has 0 radical (unpaired) electrons. The molecule has 156 valence electrons. The molecule has 0 spiro atoms. The summed E-state index contributed by atoms with van der Waals surface area (Å²) < 4.78 is 0. The molecule has 5 heteroatoms. The van der Waals surface area contributed by atoms with Gasteiger partial charge in [-0.1, -0.05) is 49.1 Å². The number of likely N-dealkylation sites (tertiary alicyclic amines) is 1. The van der Waals surface area contributed by atoms with Gasteiger partial charge in [-0.3, -0.25) is 14.7 Å². The van der Waals surface area contributed by atoms with Gasteiger partial charge in [0, 0.05) is 24.9 Å². The van der Waals surface area contributed by atoms with Crippen molar-refractivity contribution in [2.45, 2.75) is 26.3 Å². The third kappa shape index (κ3) is 6.16. The second-order valence-corrected chi connectivity index (χ2v) is 7.72. The van der Waals surface area contributed by atoms with Crippen molar-refractivity contribution in [3.63, 3.8) is 0 Å². The van der Waals surface area contributed by atoms with E-state index in [2.05, 4.69) is 27.8 Å². The fourth-order valence-corrected chi connectivity index (χ4v) is 3.54. The molecule has 1 aliphatic heterocycles. The van der Waals surface area contributed by atoms with Crippen LogP contribution in [0.3, 0.4) is 0 Å². The molecule has 0 atom stereocenters. The highest BCUT2D eigenvalue weighted by Crippen LogP contribution is 2.20. The van der Waals surface area contributed by atoms with Crippen LogP contribution in [0.2, 0.25) is 0 Å². The number of pyridine rings is 1. The summed E-state index contributed by atoms with van der Waals surface area (Å²) in [5.41, 5.74) is 10.5. The van der Waals surface area contributed by atoms with E-state index in [1.807, 2.05) is 55.6 Å². The molecule has 5 nitrogen and oxygen atoms in total. The Morgan fingerprint density at radius 1 is 1.20 bits per heavy atom. The van der Waals surface area contributed by atoms with E-state index in [9.17, 15) is 4.79 Å². The maximum atomic E-state index is 12.6. The summed E-state index contributed by atoms with van der Waals surface area (Å²) in [4.78, 5) is 19.2. The van der Waals surface area contributed by atoms with Gasteiger partial charge in [0.05, 0.1) is 11.4 Å². The lowest BCUT2D eigenvalue weighted by molar-refractivity contribution is -0.125. The number of nitrogens with zero attached hydrogens (tertiary/aromatic N) is 2. The van der Waals surface area contributed by atoms with E-state index in [1.54, 1.807) is 12.3 Å². The predicted molar refractivity (Wildman–Crippen MR) is 122 cm³/mol. The van der Waals surface area contributed by atoms with Crippen LogP contribution in [0.25, 0.3) is 5.57 Å². The van der Waals surface area contributed by atoms with E-state index in [1.165, 1.54) is 5.56 Å². The smallest absolute Gasteiger partial charge is 0.227 e. The zero-order valence-corrected chi connectivity index (χ0v) is 17.6. The first-order valence-electron chi connectivity index (χ1n) is 10.3. The minimum absolute atomic E-state index is 0.00105. The lowest BCUT2D eigenvalue weighted by Crippen LogP contribution is -2.40. The fourth-order valence-electron chi connectivity index (χ4n) is 3.54. The van der Waals surface area contributed by atoms with Gasteiger partial charge in [-0.2, -0.15) is 0 Å². The molecule has 0 aliphatic carbocycles. The van der Waals surface area contributed by atoms with Gasteiger partial charge in [-0.15, -0.1) is 0 Å². The molecular weight excluding hydrogens is 372 g/mol. The Balaban J connectivity index is 1.48. The number of carbonyl (C=O) groups excluding carboxylic acids is 1. The third-order valence-electron chi connectivity index (χ3n) is 5.45. The standard InChI is InChI=1S/C25H30N4O/c1-19(22-8-4-3-5-9-22)10-11-24(26)20(2)28-25(30)23-12-15-29(16-13-23)18-21-7-6-14-27-17-21/h3-11,14,17,23H,2,12-13,15-16,18,26H2,1H3,(H,28,30)/b19-10+,24-11+. The highest BCUT2D eigenvalue weighted by Gasteiger charge is 2.25. The van der Waals surface area contributed by atoms with Gasteiger partial charge in [0.1, 0.15) is 0 Å². The average Bonchev–Trinajstić information content (AvgIpc) is 2.79. The van der Waals surface area contributed by atoms with E-state index in [-0.39, 0.29) is 11.8 Å². The number of piperidine rings is 1. The molecule has 0 bridgehead atoms. The van der Waals surface area contributed by atoms with Crippen LogP contribution in [-0.4, -0.2) is 28.9 Å². The summed E-state index contributed by atoms with van der Waals surface area (Å²) >= 11 is 0. The van der Waals surface area contributed by atoms with E-state index in [0.717, 1.165) is 43.6 Å². The van der Waals surface area contributed by atoms with E-state index in [4.69, 9.17) is 5.73 Å². The summed E-state index contributed by atoms with van der Waals surface area (Å²) in [6.07, 6.45) is 9.07. The zero-order valence-electron chi connectivity index (χ0n) is 17.6. The number of benzene rings is 1. The summed E-state index contributed by atoms with van der Waals surface area (Å²) in [7, 11) is 0. The zero-order chi connectivity index (χ0) is 21.3. The summed E-state index contributed by atoms with van der Waals surface area (Å²) in [5, 5.41) is 2.89. The van der Waals surface area contributed by atoms with Crippen LogP contribution in [0, 0.1) is 5.92 Å². The Morgan fingerprint density at radius 3 is 2.60 bits per heavy atom. The highest BCUT2D eigenvalue weighted by atomic mass is 16.1. The molecule has 2 heterocycles. The first kappa shape index (κ1) is 21.5. The molecule has 0 unspecified atom stereocenters. The van der Waals surface area contributed by atoms with Crippen LogP contribution in [0.1, 0.15) is 30.9 Å². The number of nitrogens with one attached hydrogen (secondary N) is 1. The third-order valence-corrected chi connectivity index (χ3v) is 5.45. The van der Waals surface area contributed by atoms with Gasteiger partial charge in [-0.05, 0) is 61.7 Å². The molecule has 1 aromatic heterocycles. The molecule has 3 N–H and O–H groups in total. The summed E-state index contributed by atoms with van der Waals surface area (Å²) in [6.45, 7) is 8.62. The molecular formula is C25H30N4O. The minimum atomic E-state index is -0.0127. The Morgan fingerprint density at radius 2 is 1.93 bits per heavy atom. The van der Waals surface area contributed by atoms with Crippen LogP contribution in [-0.2, 0) is 11.3 Å². The van der Waals surface area contributed by atoms with Crippen LogP contribution < -0.4 is 11.1 Å². The molecule has 3 rings (SSSR count). The Bertz CT molecular complexity index is 911. The van der Waals surface area contributed by atoms with Crippen LogP contribution in [0.5, 0.6) is 0 Å². The largest absolute Gasteiger partial charge is 0.397 e. The molecule has 1 aliphatic rings. The van der Waals surface area contributed by atoms with Crippen molar-refractivity contribution in [1.29, 1.82) is 0 Å². The van der Waals surface area contributed by atoms with Crippen molar-refractivity contribution in [3.8, 4) is 0 Å². The number of allylic oxidation sites excluding steroid dienone is 3. The molecule has 1 saturated heterocycles. The van der Waals surface area contributed by atoms with E-state index >= 15 is 0 Å². The number of hydrogen-bond donors (Lipinski definition) is 2. The lowest BCUT2D eigenvalue weighted by Gasteiger charge is -2.31. The average molecular weight is 403 g/mol. The number of aromatic nitrogens is 1. The van der Waals surface area contributed by atoms with Gasteiger partial charge in [0.15, 0.2) is 0 Å². The number of nitrogens with two attached hydrogens (primary N) is 1. The van der Waals surface area contributed by atoms with Gasteiger partial charge in [0.2, 0.25) is 5.91 Å². The Hall–Kier alpha value is -3.18. The fraction of sp³-hybridized carbons (Fsp3) is 0.280. The van der Waals surface area contributed by atoms with Crippen molar-refractivity contribution in [1.82, 2.24) is 15.2 Å². The monoisotopic (exact) mass is 402 g/mol. The van der Waals surface area contributed by atoms with Gasteiger partial charge >= 0.3 is 0 Å². The summed E-state index contributed by atoms with van der Waals surface area (Å²) in [5.74, 6) is -0.0116. The van der Waals surface area contributed by atoms with Crippen molar-refractivity contribution in [3.05, 3.63) is 96.1 Å². The molecule has 1 aromatic carbocycles. The van der Waals surface area contributed by atoms with Crippen LogP contribution in [0.15, 0.2) is 85.0 Å². The van der Waals surface area contributed by atoms with Crippen molar-refractivity contribution >= 4 is 11.5 Å². The van der Waals surface area contributed by atoms with Crippen LogP contribution in [0.4, 0.5) is 0 Å². The van der Waals surface area contributed by atoms with Gasteiger partial charge in [-0.25, -0.2) is 0 Å². The molecule has 30 heavy (non-hydrogen) atoms. The van der Waals surface area contributed by atoms with Crippen molar-refractivity contribution < 1.29 is 4.79 Å². The van der Waals surface area contributed by atoms with Gasteiger partial charge in [0.25, 0.3) is 0 Å². The topological polar surface area (TPSA) is 71.2 Å². The molecule has 1 fully saturated rings. The summed E-state index contributed by atoms with van der Waals surface area (Å²) in [6, 6.07) is 14.1. The normalized spacial score (nSPS) is 16.3. The Kier molecular flexibility index (Phi) is 7.57. The molecule has 0 saturated carbocycles. The maximum absolute atomic E-state index is 12.6. The number of hydrogen-bond acceptors (Lipinski definition) is 4. The molecule has 2 aromatic rings. The maximum Gasteiger partial charge on any atom is 0.227 e. The van der Waals surface area contributed by atoms with Crippen molar-refractivity contribution in [2.24, 2.45) is 11.7 Å². The number of amides is 1. The van der Waals surface area contributed by atoms with Gasteiger partial charge < -0.3 is 11.1 Å².